The third-order valence-corrected chi connectivity index (χ3v) is 2.60. The van der Waals surface area contributed by atoms with Crippen molar-refractivity contribution in [3.05, 3.63) is 12.7 Å². The van der Waals surface area contributed by atoms with Crippen LogP contribution in [0.4, 0.5) is 0 Å². The van der Waals surface area contributed by atoms with Gasteiger partial charge in [0, 0.05) is 6.42 Å². The summed E-state index contributed by atoms with van der Waals surface area (Å²) >= 11 is 0. The Morgan fingerprint density at radius 1 is 1.32 bits per heavy atom. The van der Waals surface area contributed by atoms with Gasteiger partial charge in [0.15, 0.2) is 5.78 Å². The molecule has 10 heteroatoms. The van der Waals surface area contributed by atoms with Crippen LogP contribution in [-0.2, 0) is 19.4 Å². The molecule has 0 saturated heterocycles. The molecule has 19 heavy (non-hydrogen) atoms. The van der Waals surface area contributed by atoms with E-state index in [4.69, 9.17) is 14.8 Å². The van der Waals surface area contributed by atoms with Crippen LogP contribution in [0.3, 0.4) is 0 Å². The second-order valence-corrected chi connectivity index (χ2v) is 4.68. The Morgan fingerprint density at radius 2 is 1.84 bits per heavy atom. The number of rotatable bonds is 9. The lowest BCUT2D eigenvalue weighted by atomic mass is 9.99. The highest BCUT2D eigenvalue weighted by Gasteiger charge is 2.39. The van der Waals surface area contributed by atoms with Gasteiger partial charge in [0.1, 0.15) is 24.4 Å². The molecule has 9 nitrogen and oxygen atoms in total. The van der Waals surface area contributed by atoms with Gasteiger partial charge in [0.05, 0.1) is 6.61 Å². The molecule has 0 rings (SSSR count). The lowest BCUT2D eigenvalue weighted by Crippen LogP contribution is -2.50. The van der Waals surface area contributed by atoms with Crippen molar-refractivity contribution < 1.29 is 42.4 Å². The first-order valence-corrected chi connectivity index (χ1v) is 6.45. The summed E-state index contributed by atoms with van der Waals surface area (Å²) in [6.45, 7) is 2.24. The Bertz CT molecular complexity index is 404. The molecular weight excluding hydrogens is 284 g/mol. The van der Waals surface area contributed by atoms with Crippen molar-refractivity contribution in [1.82, 2.24) is 0 Å². The number of carbonyl (C=O) groups is 1. The van der Waals surface area contributed by atoms with Gasteiger partial charge in [-0.15, -0.1) is 6.58 Å². The third kappa shape index (κ3) is 6.20. The van der Waals surface area contributed by atoms with Crippen molar-refractivity contribution in [2.24, 2.45) is 0 Å². The Balaban J connectivity index is 5.15. The molecule has 0 unspecified atom stereocenters. The summed E-state index contributed by atoms with van der Waals surface area (Å²) in [6, 6.07) is 0. The van der Waals surface area contributed by atoms with E-state index in [0.717, 1.165) is 6.08 Å². The molecular formula is C9H16O9S. The molecule has 0 aliphatic carbocycles. The molecule has 0 aromatic heterocycles. The van der Waals surface area contributed by atoms with Crippen LogP contribution >= 0.6 is 0 Å². The van der Waals surface area contributed by atoms with Crippen LogP contribution in [-0.4, -0.2) is 70.2 Å². The van der Waals surface area contributed by atoms with Gasteiger partial charge in [0.25, 0.3) is 0 Å². The predicted molar refractivity (Wildman–Crippen MR) is 61.3 cm³/mol. The monoisotopic (exact) mass is 300 g/mol. The number of aliphatic hydroxyl groups is 4. The summed E-state index contributed by atoms with van der Waals surface area (Å²) in [5, 5.41) is 36.8. The number of carbonyl (C=O) groups excluding carboxylic acids is 1. The van der Waals surface area contributed by atoms with E-state index >= 15 is 0 Å². The topological polar surface area (TPSA) is 162 Å². The SMILES string of the molecule is C=CCC(=O)[C@H](O)[C@@H](OS(=O)(=O)O)[C@@H](O)[C@H](O)CO. The molecule has 0 heterocycles. The normalized spacial score (nSPS) is 18.4. The molecule has 0 amide bonds. The van der Waals surface area contributed by atoms with Crippen LogP contribution in [0.25, 0.3) is 0 Å². The van der Waals surface area contributed by atoms with E-state index in [0.29, 0.717) is 0 Å². The average molecular weight is 300 g/mol. The van der Waals surface area contributed by atoms with E-state index in [9.17, 15) is 23.4 Å². The highest BCUT2D eigenvalue weighted by atomic mass is 32.3. The third-order valence-electron chi connectivity index (χ3n) is 2.14. The molecule has 0 aromatic rings. The van der Waals surface area contributed by atoms with Crippen LogP contribution in [0.2, 0.25) is 0 Å². The van der Waals surface area contributed by atoms with Crippen LogP contribution in [0.5, 0.6) is 0 Å². The van der Waals surface area contributed by atoms with E-state index in [1.54, 1.807) is 0 Å². The van der Waals surface area contributed by atoms with Crippen molar-refractivity contribution in [3.8, 4) is 0 Å². The molecule has 0 aromatic carbocycles. The minimum absolute atomic E-state index is 0.353. The number of ketones is 1. The molecule has 112 valence electrons. The van der Waals surface area contributed by atoms with Crippen LogP contribution < -0.4 is 0 Å². The fraction of sp³-hybridized carbons (Fsp3) is 0.667. The van der Waals surface area contributed by atoms with E-state index in [-0.39, 0.29) is 6.42 Å². The molecule has 0 aliphatic rings. The maximum atomic E-state index is 11.4. The Morgan fingerprint density at radius 3 is 2.21 bits per heavy atom. The summed E-state index contributed by atoms with van der Waals surface area (Å²) in [4.78, 5) is 11.4. The van der Waals surface area contributed by atoms with Crippen LogP contribution in [0, 0.1) is 0 Å². The summed E-state index contributed by atoms with van der Waals surface area (Å²) < 4.78 is 33.6. The van der Waals surface area contributed by atoms with Crippen molar-refractivity contribution >= 4 is 16.2 Å². The molecule has 0 saturated carbocycles. The maximum Gasteiger partial charge on any atom is 0.397 e. The minimum atomic E-state index is -5.09. The average Bonchev–Trinajstić information content (AvgIpc) is 2.32. The van der Waals surface area contributed by atoms with E-state index in [2.05, 4.69) is 10.8 Å². The lowest BCUT2D eigenvalue weighted by molar-refractivity contribution is -0.142. The Labute approximate surface area is 109 Å². The van der Waals surface area contributed by atoms with Gasteiger partial charge in [-0.3, -0.25) is 9.35 Å². The largest absolute Gasteiger partial charge is 0.397 e. The fourth-order valence-electron chi connectivity index (χ4n) is 1.21. The second-order valence-electron chi connectivity index (χ2n) is 3.63. The highest BCUT2D eigenvalue weighted by Crippen LogP contribution is 2.14. The van der Waals surface area contributed by atoms with Crippen molar-refractivity contribution in [3.63, 3.8) is 0 Å². The molecule has 0 radical (unpaired) electrons. The quantitative estimate of drug-likeness (QED) is 0.227. The van der Waals surface area contributed by atoms with Gasteiger partial charge in [-0.2, -0.15) is 8.42 Å². The van der Waals surface area contributed by atoms with Gasteiger partial charge < -0.3 is 20.4 Å². The number of aliphatic hydroxyl groups excluding tert-OH is 4. The van der Waals surface area contributed by atoms with Crippen molar-refractivity contribution in [1.29, 1.82) is 0 Å². The fourth-order valence-corrected chi connectivity index (χ4v) is 1.71. The minimum Gasteiger partial charge on any atom is -0.394 e. The number of hydrogen-bond acceptors (Lipinski definition) is 8. The van der Waals surface area contributed by atoms with Gasteiger partial charge >= 0.3 is 10.4 Å². The predicted octanol–water partition coefficient (Wildman–Crippen LogP) is -2.61. The Kier molecular flexibility index (Phi) is 7.29. The summed E-state index contributed by atoms with van der Waals surface area (Å²) in [6.07, 6.45) is -7.53. The van der Waals surface area contributed by atoms with Crippen molar-refractivity contribution in [2.75, 3.05) is 6.61 Å². The van der Waals surface area contributed by atoms with Crippen molar-refractivity contribution in [2.45, 2.75) is 30.8 Å². The van der Waals surface area contributed by atoms with E-state index < -0.39 is 47.2 Å². The number of allylic oxidation sites excluding steroid dienone is 1. The smallest absolute Gasteiger partial charge is 0.394 e. The molecule has 4 atom stereocenters. The van der Waals surface area contributed by atoms with Gasteiger partial charge in [-0.05, 0) is 0 Å². The Hall–Kier alpha value is -0.880. The van der Waals surface area contributed by atoms with Crippen LogP contribution in [0.1, 0.15) is 6.42 Å². The van der Waals surface area contributed by atoms with Gasteiger partial charge in [-0.25, -0.2) is 4.18 Å². The summed E-state index contributed by atoms with van der Waals surface area (Å²) in [5.41, 5.74) is 0. The zero-order chi connectivity index (χ0) is 15.2. The number of hydrogen-bond donors (Lipinski definition) is 5. The standard InChI is InChI=1S/C9H16O9S/c1-2-3-5(11)7(13)9(18-19(15,16)17)8(14)6(12)4-10/h2,6-10,12-14H,1,3-4H2,(H,15,16,17)/t6-,7+,8+,9-/m1/s1. The van der Waals surface area contributed by atoms with E-state index in [1.165, 1.54) is 0 Å². The molecule has 0 aliphatic heterocycles. The number of Topliss-reactive ketones (excluding diaryl/α,β-unsaturated/α-hetero) is 1. The molecule has 0 spiro atoms. The summed E-state index contributed by atoms with van der Waals surface area (Å²) in [7, 11) is -5.09. The first-order valence-electron chi connectivity index (χ1n) is 5.08. The first-order chi connectivity index (χ1) is 8.64. The molecule has 0 bridgehead atoms. The van der Waals surface area contributed by atoms with E-state index in [1.807, 2.05) is 0 Å². The van der Waals surface area contributed by atoms with Gasteiger partial charge in [0.2, 0.25) is 0 Å². The first kappa shape index (κ1) is 18.1. The lowest BCUT2D eigenvalue weighted by Gasteiger charge is -2.27. The zero-order valence-corrected chi connectivity index (χ0v) is 10.6. The second kappa shape index (κ2) is 7.65. The van der Waals surface area contributed by atoms with Crippen LogP contribution in [0.15, 0.2) is 12.7 Å². The summed E-state index contributed by atoms with van der Waals surface area (Å²) in [5.74, 6) is -0.951. The maximum absolute atomic E-state index is 11.4. The zero-order valence-electron chi connectivity index (χ0n) is 9.79. The highest BCUT2D eigenvalue weighted by molar-refractivity contribution is 7.80. The molecule has 5 N–H and O–H groups in total. The van der Waals surface area contributed by atoms with Gasteiger partial charge in [-0.1, -0.05) is 6.08 Å². The molecule has 0 fully saturated rings.